The highest BCUT2D eigenvalue weighted by Gasteiger charge is 2.23. The van der Waals surface area contributed by atoms with Crippen LogP contribution in [0.4, 0.5) is 0 Å². The lowest BCUT2D eigenvalue weighted by Crippen LogP contribution is -2.08. The van der Waals surface area contributed by atoms with Crippen LogP contribution in [0.2, 0.25) is 0 Å². The van der Waals surface area contributed by atoms with Crippen LogP contribution in [0.25, 0.3) is 0 Å². The number of benzene rings is 1. The van der Waals surface area contributed by atoms with Gasteiger partial charge in [-0.15, -0.1) is 0 Å². The van der Waals surface area contributed by atoms with Crippen LogP contribution >= 0.6 is 0 Å². The Bertz CT molecular complexity index is 272. The summed E-state index contributed by atoms with van der Waals surface area (Å²) in [6.07, 6.45) is 3.77. The molecule has 0 amide bonds. The van der Waals surface area contributed by atoms with E-state index in [0.717, 1.165) is 12.3 Å². The van der Waals surface area contributed by atoms with Crippen molar-refractivity contribution in [1.82, 2.24) is 0 Å². The van der Waals surface area contributed by atoms with Gasteiger partial charge in [0.15, 0.2) is 0 Å². The van der Waals surface area contributed by atoms with Crippen molar-refractivity contribution in [2.75, 3.05) is 0 Å². The fourth-order valence-corrected chi connectivity index (χ4v) is 1.67. The summed E-state index contributed by atoms with van der Waals surface area (Å²) in [4.78, 5) is 0. The summed E-state index contributed by atoms with van der Waals surface area (Å²) in [7, 11) is 0. The van der Waals surface area contributed by atoms with Crippen molar-refractivity contribution in [3.8, 4) is 0 Å². The molecule has 1 heteroatoms. The molecule has 0 spiro atoms. The molecule has 0 aliphatic heterocycles. The fraction of sp³-hybridized carbons (Fsp3) is 0.500. The van der Waals surface area contributed by atoms with E-state index >= 15 is 0 Å². The second kappa shape index (κ2) is 3.51. The van der Waals surface area contributed by atoms with Gasteiger partial charge in [0.05, 0.1) is 0 Å². The van der Waals surface area contributed by atoms with Crippen molar-refractivity contribution in [3.63, 3.8) is 0 Å². The molecular weight excluding hydrogens is 158 g/mol. The summed E-state index contributed by atoms with van der Waals surface area (Å²) in [5.74, 6) is 0.854. The van der Waals surface area contributed by atoms with E-state index in [9.17, 15) is 0 Å². The number of hydrogen-bond acceptors (Lipinski definition) is 1. The second-order valence-electron chi connectivity index (χ2n) is 3.96. The molecule has 1 aromatic rings. The van der Waals surface area contributed by atoms with E-state index in [4.69, 9.17) is 5.73 Å². The molecule has 1 aromatic carbocycles. The highest BCUT2D eigenvalue weighted by molar-refractivity contribution is 5.29. The zero-order chi connectivity index (χ0) is 9.26. The predicted octanol–water partition coefficient (Wildman–Crippen LogP) is 2.97. The number of nitrogens with two attached hydrogens (primary N) is 1. The van der Waals surface area contributed by atoms with E-state index in [-0.39, 0.29) is 6.04 Å². The molecule has 0 radical (unpaired) electrons. The maximum absolute atomic E-state index is 5.94. The van der Waals surface area contributed by atoms with Gasteiger partial charge in [0.25, 0.3) is 0 Å². The maximum Gasteiger partial charge on any atom is 0.0292 e. The Morgan fingerprint density at radius 1 is 1.31 bits per heavy atom. The molecule has 1 aliphatic carbocycles. The highest BCUT2D eigenvalue weighted by Crippen LogP contribution is 2.40. The molecule has 1 aliphatic rings. The quantitative estimate of drug-likeness (QED) is 0.751. The first kappa shape index (κ1) is 8.76. The molecule has 1 saturated carbocycles. The Hall–Kier alpha value is -0.820. The van der Waals surface area contributed by atoms with Gasteiger partial charge in [-0.05, 0) is 36.3 Å². The third kappa shape index (κ3) is 1.92. The molecule has 0 aromatic heterocycles. The molecule has 70 valence electrons. The van der Waals surface area contributed by atoms with Crippen LogP contribution in [0, 0.1) is 0 Å². The molecule has 13 heavy (non-hydrogen) atoms. The molecule has 1 fully saturated rings. The smallest absolute Gasteiger partial charge is 0.0292 e. The lowest BCUT2D eigenvalue weighted by atomic mass is 10.0. The molecule has 0 saturated heterocycles. The van der Waals surface area contributed by atoms with Gasteiger partial charge in [-0.25, -0.2) is 0 Å². The van der Waals surface area contributed by atoms with Crippen molar-refractivity contribution >= 4 is 0 Å². The Kier molecular flexibility index (Phi) is 2.36. The Balaban J connectivity index is 2.12. The van der Waals surface area contributed by atoms with E-state index in [1.165, 1.54) is 24.0 Å². The topological polar surface area (TPSA) is 26.0 Å². The second-order valence-corrected chi connectivity index (χ2v) is 3.96. The largest absolute Gasteiger partial charge is 0.324 e. The summed E-state index contributed by atoms with van der Waals surface area (Å²) in [6, 6.07) is 9.06. The van der Waals surface area contributed by atoms with Gasteiger partial charge < -0.3 is 5.73 Å². The molecule has 1 nitrogen and oxygen atoms in total. The van der Waals surface area contributed by atoms with Crippen molar-refractivity contribution in [3.05, 3.63) is 35.4 Å². The van der Waals surface area contributed by atoms with Gasteiger partial charge >= 0.3 is 0 Å². The first-order valence-electron chi connectivity index (χ1n) is 5.16. The summed E-state index contributed by atoms with van der Waals surface area (Å²) in [6.45, 7) is 2.12. The summed E-state index contributed by atoms with van der Waals surface area (Å²) < 4.78 is 0. The SMILES string of the molecule is CCC(N)c1ccc(C2CC2)cc1. The molecule has 2 N–H and O–H groups in total. The molecular formula is C12H17N. The molecule has 0 bridgehead atoms. The van der Waals surface area contributed by atoms with Crippen LogP contribution in [-0.2, 0) is 0 Å². The third-order valence-corrected chi connectivity index (χ3v) is 2.85. The Morgan fingerprint density at radius 3 is 2.38 bits per heavy atom. The van der Waals surface area contributed by atoms with Crippen molar-refractivity contribution < 1.29 is 0 Å². The Morgan fingerprint density at radius 2 is 1.92 bits per heavy atom. The minimum absolute atomic E-state index is 0.216. The van der Waals surface area contributed by atoms with Gasteiger partial charge in [0.2, 0.25) is 0 Å². The summed E-state index contributed by atoms with van der Waals surface area (Å²) in [5, 5.41) is 0. The first-order chi connectivity index (χ1) is 6.31. The minimum Gasteiger partial charge on any atom is -0.324 e. The van der Waals surface area contributed by atoms with Crippen LogP contribution in [0.5, 0.6) is 0 Å². The van der Waals surface area contributed by atoms with Gasteiger partial charge in [-0.3, -0.25) is 0 Å². The van der Waals surface area contributed by atoms with E-state index in [1.807, 2.05) is 0 Å². The van der Waals surface area contributed by atoms with Crippen LogP contribution in [0.1, 0.15) is 49.3 Å². The first-order valence-corrected chi connectivity index (χ1v) is 5.16. The van der Waals surface area contributed by atoms with E-state index in [0.29, 0.717) is 0 Å². The lowest BCUT2D eigenvalue weighted by Gasteiger charge is -2.09. The van der Waals surface area contributed by atoms with Gasteiger partial charge in [0, 0.05) is 6.04 Å². The van der Waals surface area contributed by atoms with Crippen LogP contribution < -0.4 is 5.73 Å². The summed E-state index contributed by atoms with van der Waals surface area (Å²) >= 11 is 0. The molecule has 1 unspecified atom stereocenters. The number of hydrogen-bond donors (Lipinski definition) is 1. The van der Waals surface area contributed by atoms with E-state index in [2.05, 4.69) is 31.2 Å². The Labute approximate surface area is 80.0 Å². The van der Waals surface area contributed by atoms with E-state index in [1.54, 1.807) is 0 Å². The lowest BCUT2D eigenvalue weighted by molar-refractivity contribution is 0.698. The standard InChI is InChI=1S/C12H17N/c1-2-12(13)11-7-5-10(6-8-11)9-3-4-9/h5-9,12H,2-4,13H2,1H3. The van der Waals surface area contributed by atoms with E-state index < -0.39 is 0 Å². The van der Waals surface area contributed by atoms with Crippen LogP contribution in [0.3, 0.4) is 0 Å². The van der Waals surface area contributed by atoms with Gasteiger partial charge in [-0.1, -0.05) is 31.2 Å². The van der Waals surface area contributed by atoms with Gasteiger partial charge in [0.1, 0.15) is 0 Å². The average molecular weight is 175 g/mol. The van der Waals surface area contributed by atoms with Crippen LogP contribution in [-0.4, -0.2) is 0 Å². The van der Waals surface area contributed by atoms with Crippen LogP contribution in [0.15, 0.2) is 24.3 Å². The minimum atomic E-state index is 0.216. The fourth-order valence-electron chi connectivity index (χ4n) is 1.67. The molecule has 0 heterocycles. The normalized spacial score (nSPS) is 18.6. The van der Waals surface area contributed by atoms with Crippen molar-refractivity contribution in [1.29, 1.82) is 0 Å². The van der Waals surface area contributed by atoms with Gasteiger partial charge in [-0.2, -0.15) is 0 Å². The van der Waals surface area contributed by atoms with Crippen molar-refractivity contribution in [2.24, 2.45) is 5.73 Å². The molecule has 2 rings (SSSR count). The third-order valence-electron chi connectivity index (χ3n) is 2.85. The predicted molar refractivity (Wildman–Crippen MR) is 55.6 cm³/mol. The average Bonchev–Trinajstić information content (AvgIpc) is 3.00. The zero-order valence-corrected chi connectivity index (χ0v) is 8.16. The monoisotopic (exact) mass is 175 g/mol. The highest BCUT2D eigenvalue weighted by atomic mass is 14.6. The van der Waals surface area contributed by atoms with Crippen molar-refractivity contribution in [2.45, 2.75) is 38.1 Å². The molecule has 1 atom stereocenters. The maximum atomic E-state index is 5.94. The number of rotatable bonds is 3. The zero-order valence-electron chi connectivity index (χ0n) is 8.16. The summed E-state index contributed by atoms with van der Waals surface area (Å²) in [5.41, 5.74) is 8.70.